The van der Waals surface area contributed by atoms with Gasteiger partial charge in [-0.2, -0.15) is 0 Å². The third-order valence-electron chi connectivity index (χ3n) is 5.74. The van der Waals surface area contributed by atoms with Gasteiger partial charge in [0.1, 0.15) is 0 Å². The molecule has 0 amide bonds. The maximum atomic E-state index is 4.40. The van der Waals surface area contributed by atoms with Gasteiger partial charge in [-0.05, 0) is 54.8 Å². The first kappa shape index (κ1) is 9.00. The van der Waals surface area contributed by atoms with Crippen LogP contribution in [0.2, 0.25) is 0 Å². The summed E-state index contributed by atoms with van der Waals surface area (Å²) in [5.41, 5.74) is 2.78. The van der Waals surface area contributed by atoms with Gasteiger partial charge in [-0.25, -0.2) is 0 Å². The molecule has 1 spiro atoms. The van der Waals surface area contributed by atoms with Gasteiger partial charge in [-0.3, -0.25) is 0 Å². The molecule has 0 radical (unpaired) electrons. The standard InChI is InChI=1S/C14H22/c1-10-11-6-8-14(9-11)7-4-5-12(14)13(10,2)3/h11-12H,1,4-9H2,2-3H3. The molecule has 3 saturated carbocycles. The summed E-state index contributed by atoms with van der Waals surface area (Å²) in [4.78, 5) is 0. The van der Waals surface area contributed by atoms with E-state index >= 15 is 0 Å². The van der Waals surface area contributed by atoms with Gasteiger partial charge in [0.2, 0.25) is 0 Å². The molecule has 78 valence electrons. The maximum Gasteiger partial charge on any atom is -0.0111 e. The van der Waals surface area contributed by atoms with Crippen LogP contribution in [0.5, 0.6) is 0 Å². The highest BCUT2D eigenvalue weighted by atomic mass is 14.6. The van der Waals surface area contributed by atoms with Crippen LogP contribution in [-0.2, 0) is 0 Å². The number of rotatable bonds is 0. The van der Waals surface area contributed by atoms with E-state index < -0.39 is 0 Å². The first-order chi connectivity index (χ1) is 6.56. The highest BCUT2D eigenvalue weighted by Crippen LogP contribution is 2.68. The molecule has 0 aromatic carbocycles. The van der Waals surface area contributed by atoms with Crippen LogP contribution in [0.4, 0.5) is 0 Å². The lowest BCUT2D eigenvalue weighted by Gasteiger charge is -2.48. The van der Waals surface area contributed by atoms with E-state index in [2.05, 4.69) is 20.4 Å². The Labute approximate surface area is 87.8 Å². The second kappa shape index (κ2) is 2.46. The monoisotopic (exact) mass is 190 g/mol. The van der Waals surface area contributed by atoms with E-state index in [4.69, 9.17) is 0 Å². The fourth-order valence-electron chi connectivity index (χ4n) is 5.01. The smallest absolute Gasteiger partial charge is 0.0111 e. The third-order valence-corrected chi connectivity index (χ3v) is 5.74. The Morgan fingerprint density at radius 2 is 2.00 bits per heavy atom. The summed E-state index contributed by atoms with van der Waals surface area (Å²) in [6, 6.07) is 0. The topological polar surface area (TPSA) is 0 Å². The zero-order valence-corrected chi connectivity index (χ0v) is 9.60. The molecule has 0 aliphatic heterocycles. The number of allylic oxidation sites excluding steroid dienone is 1. The zero-order chi connectivity index (χ0) is 9.97. The van der Waals surface area contributed by atoms with Crippen LogP contribution in [0.15, 0.2) is 12.2 Å². The van der Waals surface area contributed by atoms with Crippen LogP contribution in [0.25, 0.3) is 0 Å². The molecule has 3 atom stereocenters. The quantitative estimate of drug-likeness (QED) is 0.503. The molecule has 0 saturated heterocycles. The minimum absolute atomic E-state index is 0.440. The zero-order valence-electron chi connectivity index (χ0n) is 9.60. The summed E-state index contributed by atoms with van der Waals surface area (Å²) in [6.07, 6.45) is 8.90. The second-order valence-corrected chi connectivity index (χ2v) is 6.49. The average molecular weight is 190 g/mol. The molecule has 0 nitrogen and oxygen atoms in total. The number of fused-ring (bicyclic) bond motifs is 1. The Bertz CT molecular complexity index is 286. The first-order valence-corrected chi connectivity index (χ1v) is 6.25. The molecule has 2 bridgehead atoms. The maximum absolute atomic E-state index is 4.40. The Morgan fingerprint density at radius 3 is 2.79 bits per heavy atom. The van der Waals surface area contributed by atoms with E-state index in [1.807, 2.05) is 0 Å². The lowest BCUT2D eigenvalue weighted by molar-refractivity contribution is 0.0713. The fourth-order valence-corrected chi connectivity index (χ4v) is 5.01. The van der Waals surface area contributed by atoms with Gasteiger partial charge in [0.25, 0.3) is 0 Å². The minimum Gasteiger partial charge on any atom is -0.0990 e. The van der Waals surface area contributed by atoms with Crippen molar-refractivity contribution in [2.75, 3.05) is 0 Å². The van der Waals surface area contributed by atoms with E-state index in [0.29, 0.717) is 5.41 Å². The average Bonchev–Trinajstić information content (AvgIpc) is 2.71. The van der Waals surface area contributed by atoms with E-state index in [9.17, 15) is 0 Å². The summed E-state index contributed by atoms with van der Waals surface area (Å²) in [7, 11) is 0. The van der Waals surface area contributed by atoms with Gasteiger partial charge >= 0.3 is 0 Å². The molecule has 3 unspecified atom stereocenters. The Hall–Kier alpha value is -0.260. The van der Waals surface area contributed by atoms with Crippen LogP contribution in [0, 0.1) is 22.7 Å². The van der Waals surface area contributed by atoms with Gasteiger partial charge in [0, 0.05) is 0 Å². The van der Waals surface area contributed by atoms with E-state index in [0.717, 1.165) is 17.3 Å². The fraction of sp³-hybridized carbons (Fsp3) is 0.857. The van der Waals surface area contributed by atoms with Crippen LogP contribution in [0.1, 0.15) is 52.4 Å². The molecule has 3 aliphatic rings. The largest absolute Gasteiger partial charge is 0.0990 e. The molecule has 14 heavy (non-hydrogen) atoms. The number of hydrogen-bond donors (Lipinski definition) is 0. The molecular weight excluding hydrogens is 168 g/mol. The lowest BCUT2D eigenvalue weighted by Crippen LogP contribution is -2.40. The van der Waals surface area contributed by atoms with Crippen LogP contribution < -0.4 is 0 Å². The molecule has 3 aliphatic carbocycles. The minimum atomic E-state index is 0.440. The van der Waals surface area contributed by atoms with Crippen molar-refractivity contribution < 1.29 is 0 Å². The first-order valence-electron chi connectivity index (χ1n) is 6.25. The molecule has 0 aromatic rings. The van der Waals surface area contributed by atoms with Crippen LogP contribution in [0.3, 0.4) is 0 Å². The van der Waals surface area contributed by atoms with Gasteiger partial charge in [-0.15, -0.1) is 0 Å². The van der Waals surface area contributed by atoms with E-state index in [1.54, 1.807) is 5.57 Å². The Balaban J connectivity index is 2.08. The van der Waals surface area contributed by atoms with Crippen molar-refractivity contribution in [1.29, 1.82) is 0 Å². The predicted molar refractivity (Wildman–Crippen MR) is 60.0 cm³/mol. The van der Waals surface area contributed by atoms with Gasteiger partial charge in [0.05, 0.1) is 0 Å². The lowest BCUT2D eigenvalue weighted by atomic mass is 9.56. The molecule has 0 N–H and O–H groups in total. The molecule has 3 fully saturated rings. The summed E-state index contributed by atoms with van der Waals surface area (Å²) in [6.45, 7) is 9.31. The summed E-state index contributed by atoms with van der Waals surface area (Å²) in [5.74, 6) is 1.83. The van der Waals surface area contributed by atoms with Gasteiger partial charge in [-0.1, -0.05) is 32.4 Å². The molecule has 0 heteroatoms. The molecule has 0 aromatic heterocycles. The second-order valence-electron chi connectivity index (χ2n) is 6.49. The summed E-state index contributed by atoms with van der Waals surface area (Å²) >= 11 is 0. The highest BCUT2D eigenvalue weighted by molar-refractivity contribution is 5.25. The number of hydrogen-bond acceptors (Lipinski definition) is 0. The van der Waals surface area contributed by atoms with Gasteiger partial charge in [0.15, 0.2) is 0 Å². The summed E-state index contributed by atoms with van der Waals surface area (Å²) < 4.78 is 0. The van der Waals surface area contributed by atoms with Crippen molar-refractivity contribution in [2.24, 2.45) is 22.7 Å². The molecular formula is C14H22. The Morgan fingerprint density at radius 1 is 1.21 bits per heavy atom. The normalized spacial score (nSPS) is 49.4. The van der Waals surface area contributed by atoms with Crippen molar-refractivity contribution in [2.45, 2.75) is 52.4 Å². The SMILES string of the molecule is C=C1C2CCC3(CCCC3C1(C)C)C2. The van der Waals surface area contributed by atoms with Crippen LogP contribution in [-0.4, -0.2) is 0 Å². The Kier molecular flexibility index (Phi) is 1.58. The van der Waals surface area contributed by atoms with E-state index in [1.165, 1.54) is 38.5 Å². The van der Waals surface area contributed by atoms with Crippen LogP contribution >= 0.6 is 0 Å². The highest BCUT2D eigenvalue weighted by Gasteiger charge is 2.58. The molecule has 3 rings (SSSR count). The van der Waals surface area contributed by atoms with Gasteiger partial charge < -0.3 is 0 Å². The van der Waals surface area contributed by atoms with Crippen molar-refractivity contribution in [3.63, 3.8) is 0 Å². The third kappa shape index (κ3) is 0.857. The van der Waals surface area contributed by atoms with E-state index in [-0.39, 0.29) is 0 Å². The molecule has 0 heterocycles. The summed E-state index contributed by atoms with van der Waals surface area (Å²) in [5, 5.41) is 0. The van der Waals surface area contributed by atoms with Crippen molar-refractivity contribution in [1.82, 2.24) is 0 Å². The van der Waals surface area contributed by atoms with Crippen molar-refractivity contribution in [3.8, 4) is 0 Å². The van der Waals surface area contributed by atoms with Crippen molar-refractivity contribution >= 4 is 0 Å². The predicted octanol–water partition coefficient (Wildman–Crippen LogP) is 4.17. The van der Waals surface area contributed by atoms with Crippen molar-refractivity contribution in [3.05, 3.63) is 12.2 Å².